The Balaban J connectivity index is 1.63. The van der Waals surface area contributed by atoms with E-state index in [2.05, 4.69) is 22.0 Å². The van der Waals surface area contributed by atoms with E-state index in [1.807, 2.05) is 0 Å². The molecule has 0 aromatic rings. The van der Waals surface area contributed by atoms with Crippen molar-refractivity contribution >= 4 is 5.91 Å². The quantitative estimate of drug-likeness (QED) is 0.859. The third-order valence-corrected chi connectivity index (χ3v) is 5.85. The van der Waals surface area contributed by atoms with Crippen LogP contribution in [0.2, 0.25) is 0 Å². The van der Waals surface area contributed by atoms with Crippen molar-refractivity contribution in [2.75, 3.05) is 39.3 Å². The van der Waals surface area contributed by atoms with Crippen LogP contribution in [0.25, 0.3) is 0 Å². The number of carbonyl (C=O) groups excluding carboxylic acids is 1. The molecule has 4 nitrogen and oxygen atoms in total. The average molecular weight is 293 g/mol. The Labute approximate surface area is 129 Å². The lowest BCUT2D eigenvalue weighted by Crippen LogP contribution is -2.49. The summed E-state index contributed by atoms with van der Waals surface area (Å²) in [7, 11) is 0. The number of piperidine rings is 1. The molecule has 120 valence electrons. The maximum absolute atomic E-state index is 13.2. The van der Waals surface area contributed by atoms with Gasteiger partial charge in [0.15, 0.2) is 0 Å². The third-order valence-electron chi connectivity index (χ3n) is 5.85. The SMILES string of the molecule is CCCC1(C(=O)N2CCC(N3CCCC3)C2)CCNCC1. The van der Waals surface area contributed by atoms with Crippen LogP contribution < -0.4 is 5.32 Å². The van der Waals surface area contributed by atoms with Crippen molar-refractivity contribution in [2.45, 2.75) is 57.9 Å². The second kappa shape index (κ2) is 6.66. The molecule has 0 radical (unpaired) electrons. The molecule has 3 rings (SSSR count). The minimum atomic E-state index is -0.0557. The standard InChI is InChI=1S/C17H31N3O/c1-2-6-17(7-9-18-10-8-17)16(21)20-13-5-15(14-20)19-11-3-4-12-19/h15,18H,2-14H2,1H3. The number of hydrogen-bond donors (Lipinski definition) is 1. The second-order valence-electron chi connectivity index (χ2n) is 7.22. The van der Waals surface area contributed by atoms with Crippen LogP contribution in [-0.2, 0) is 4.79 Å². The van der Waals surface area contributed by atoms with Gasteiger partial charge in [0, 0.05) is 19.1 Å². The number of hydrogen-bond acceptors (Lipinski definition) is 3. The Morgan fingerprint density at radius 2 is 1.90 bits per heavy atom. The van der Waals surface area contributed by atoms with E-state index in [1.165, 1.54) is 32.4 Å². The van der Waals surface area contributed by atoms with Gasteiger partial charge in [-0.3, -0.25) is 9.69 Å². The van der Waals surface area contributed by atoms with Crippen molar-refractivity contribution in [3.8, 4) is 0 Å². The highest BCUT2D eigenvalue weighted by Crippen LogP contribution is 2.37. The zero-order valence-electron chi connectivity index (χ0n) is 13.6. The molecule has 0 bridgehead atoms. The molecule has 1 N–H and O–H groups in total. The highest BCUT2D eigenvalue weighted by molar-refractivity contribution is 5.83. The molecule has 3 saturated heterocycles. The first kappa shape index (κ1) is 15.3. The predicted molar refractivity (Wildman–Crippen MR) is 85.2 cm³/mol. The van der Waals surface area contributed by atoms with Gasteiger partial charge >= 0.3 is 0 Å². The molecule has 4 heteroatoms. The molecule has 0 aliphatic carbocycles. The summed E-state index contributed by atoms with van der Waals surface area (Å²) in [5.74, 6) is 0.465. The molecular formula is C17H31N3O. The Morgan fingerprint density at radius 1 is 1.19 bits per heavy atom. The van der Waals surface area contributed by atoms with Crippen molar-refractivity contribution in [1.82, 2.24) is 15.1 Å². The van der Waals surface area contributed by atoms with Gasteiger partial charge in [0.05, 0.1) is 5.41 Å². The predicted octanol–water partition coefficient (Wildman–Crippen LogP) is 1.85. The van der Waals surface area contributed by atoms with Crippen LogP contribution in [0.15, 0.2) is 0 Å². The van der Waals surface area contributed by atoms with Gasteiger partial charge < -0.3 is 10.2 Å². The number of carbonyl (C=O) groups is 1. The van der Waals surface area contributed by atoms with E-state index in [9.17, 15) is 4.79 Å². The lowest BCUT2D eigenvalue weighted by atomic mass is 9.74. The van der Waals surface area contributed by atoms with E-state index >= 15 is 0 Å². The molecule has 3 fully saturated rings. The molecule has 1 unspecified atom stereocenters. The van der Waals surface area contributed by atoms with Crippen LogP contribution in [0.3, 0.4) is 0 Å². The van der Waals surface area contributed by atoms with Gasteiger partial charge in [0.2, 0.25) is 5.91 Å². The highest BCUT2D eigenvalue weighted by atomic mass is 16.2. The van der Waals surface area contributed by atoms with Crippen molar-refractivity contribution in [1.29, 1.82) is 0 Å². The fraction of sp³-hybridized carbons (Fsp3) is 0.941. The van der Waals surface area contributed by atoms with E-state index in [1.54, 1.807) is 0 Å². The zero-order chi connectivity index (χ0) is 14.7. The van der Waals surface area contributed by atoms with Crippen LogP contribution in [-0.4, -0.2) is 61.0 Å². The Kier molecular flexibility index (Phi) is 4.85. The van der Waals surface area contributed by atoms with Crippen LogP contribution in [0, 0.1) is 5.41 Å². The summed E-state index contributed by atoms with van der Waals surface area (Å²) < 4.78 is 0. The minimum absolute atomic E-state index is 0.0557. The van der Waals surface area contributed by atoms with Gasteiger partial charge in [0.25, 0.3) is 0 Å². The Hall–Kier alpha value is -0.610. The van der Waals surface area contributed by atoms with Gasteiger partial charge in [-0.1, -0.05) is 13.3 Å². The topological polar surface area (TPSA) is 35.6 Å². The number of nitrogens with zero attached hydrogens (tertiary/aromatic N) is 2. The van der Waals surface area contributed by atoms with E-state index < -0.39 is 0 Å². The summed E-state index contributed by atoms with van der Waals surface area (Å²) >= 11 is 0. The minimum Gasteiger partial charge on any atom is -0.341 e. The fourth-order valence-corrected chi connectivity index (χ4v) is 4.62. The molecule has 0 saturated carbocycles. The maximum atomic E-state index is 13.2. The van der Waals surface area contributed by atoms with Gasteiger partial charge in [0.1, 0.15) is 0 Å². The summed E-state index contributed by atoms with van der Waals surface area (Å²) in [6, 6.07) is 0.636. The summed E-state index contributed by atoms with van der Waals surface area (Å²) in [4.78, 5) is 18.0. The monoisotopic (exact) mass is 293 g/mol. The van der Waals surface area contributed by atoms with E-state index in [0.717, 1.165) is 51.9 Å². The number of likely N-dealkylation sites (tertiary alicyclic amines) is 2. The summed E-state index contributed by atoms with van der Waals surface area (Å²) in [5, 5.41) is 3.42. The highest BCUT2D eigenvalue weighted by Gasteiger charge is 2.43. The van der Waals surface area contributed by atoms with Gasteiger partial charge in [-0.25, -0.2) is 0 Å². The average Bonchev–Trinajstić information content (AvgIpc) is 3.19. The summed E-state index contributed by atoms with van der Waals surface area (Å²) in [6.07, 6.45) is 8.13. The van der Waals surface area contributed by atoms with Crippen molar-refractivity contribution in [2.24, 2.45) is 5.41 Å². The summed E-state index contributed by atoms with van der Waals surface area (Å²) in [5.41, 5.74) is -0.0557. The fourth-order valence-electron chi connectivity index (χ4n) is 4.62. The first-order chi connectivity index (χ1) is 10.2. The molecule has 3 heterocycles. The van der Waals surface area contributed by atoms with Gasteiger partial charge in [-0.2, -0.15) is 0 Å². The molecule has 0 aromatic heterocycles. The smallest absolute Gasteiger partial charge is 0.228 e. The number of amides is 1. The summed E-state index contributed by atoms with van der Waals surface area (Å²) in [6.45, 7) is 8.70. The van der Waals surface area contributed by atoms with Crippen LogP contribution in [0.1, 0.15) is 51.9 Å². The van der Waals surface area contributed by atoms with Crippen LogP contribution in [0.5, 0.6) is 0 Å². The largest absolute Gasteiger partial charge is 0.341 e. The lowest BCUT2D eigenvalue weighted by molar-refractivity contribution is -0.143. The van der Waals surface area contributed by atoms with Gasteiger partial charge in [-0.15, -0.1) is 0 Å². The third kappa shape index (κ3) is 3.11. The molecule has 3 aliphatic rings. The lowest BCUT2D eigenvalue weighted by Gasteiger charge is -2.39. The van der Waals surface area contributed by atoms with E-state index in [4.69, 9.17) is 0 Å². The van der Waals surface area contributed by atoms with Crippen molar-refractivity contribution in [3.63, 3.8) is 0 Å². The van der Waals surface area contributed by atoms with E-state index in [0.29, 0.717) is 11.9 Å². The maximum Gasteiger partial charge on any atom is 0.228 e. The molecule has 0 spiro atoms. The van der Waals surface area contributed by atoms with Gasteiger partial charge in [-0.05, 0) is 64.7 Å². The molecule has 1 amide bonds. The zero-order valence-corrected chi connectivity index (χ0v) is 13.6. The number of nitrogens with one attached hydrogen (secondary N) is 1. The molecule has 3 aliphatic heterocycles. The van der Waals surface area contributed by atoms with Crippen molar-refractivity contribution < 1.29 is 4.79 Å². The van der Waals surface area contributed by atoms with Crippen LogP contribution in [0.4, 0.5) is 0 Å². The Morgan fingerprint density at radius 3 is 2.57 bits per heavy atom. The Bertz CT molecular complexity index is 354. The number of rotatable bonds is 4. The van der Waals surface area contributed by atoms with Crippen molar-refractivity contribution in [3.05, 3.63) is 0 Å². The van der Waals surface area contributed by atoms with Crippen LogP contribution >= 0.6 is 0 Å². The first-order valence-electron chi connectivity index (χ1n) is 8.99. The molecule has 1 atom stereocenters. The molecular weight excluding hydrogens is 262 g/mol. The normalized spacial score (nSPS) is 30.0. The molecule has 0 aromatic carbocycles. The second-order valence-corrected chi connectivity index (χ2v) is 7.22. The first-order valence-corrected chi connectivity index (χ1v) is 8.99. The van der Waals surface area contributed by atoms with E-state index in [-0.39, 0.29) is 5.41 Å². The molecule has 21 heavy (non-hydrogen) atoms.